The minimum atomic E-state index is 0.546. The largest absolute Gasteiger partial charge is 0.342 e. The number of imidazole rings is 1. The van der Waals surface area contributed by atoms with E-state index in [0.29, 0.717) is 6.04 Å². The smallest absolute Gasteiger partial charge is 0.104 e. The monoisotopic (exact) mass is 230 g/mol. The van der Waals surface area contributed by atoms with E-state index in [4.69, 9.17) is 0 Å². The number of fused-ring (bicyclic) bond motifs is 1. The van der Waals surface area contributed by atoms with E-state index in [2.05, 4.69) is 38.8 Å². The molecule has 2 heterocycles. The van der Waals surface area contributed by atoms with E-state index in [0.717, 1.165) is 42.9 Å². The SMILES string of the molecule is Cc1nc2ccc(CC3CNCCN3)cc2[nH]1. The quantitative estimate of drug-likeness (QED) is 0.720. The molecule has 1 aromatic heterocycles. The van der Waals surface area contributed by atoms with Gasteiger partial charge < -0.3 is 15.6 Å². The lowest BCUT2D eigenvalue weighted by Gasteiger charge is -2.24. The van der Waals surface area contributed by atoms with E-state index in [9.17, 15) is 0 Å². The highest BCUT2D eigenvalue weighted by atomic mass is 15.0. The molecule has 1 unspecified atom stereocenters. The molecule has 1 aromatic carbocycles. The second kappa shape index (κ2) is 4.47. The number of hydrogen-bond acceptors (Lipinski definition) is 3. The number of nitrogens with one attached hydrogen (secondary N) is 3. The van der Waals surface area contributed by atoms with Crippen LogP contribution in [0.5, 0.6) is 0 Å². The Kier molecular flexibility index (Phi) is 2.82. The van der Waals surface area contributed by atoms with E-state index in [1.54, 1.807) is 0 Å². The second-order valence-corrected chi connectivity index (χ2v) is 4.73. The molecule has 0 aliphatic carbocycles. The van der Waals surface area contributed by atoms with Gasteiger partial charge in [-0.2, -0.15) is 0 Å². The van der Waals surface area contributed by atoms with E-state index < -0.39 is 0 Å². The number of nitrogens with zero attached hydrogens (tertiary/aromatic N) is 1. The maximum atomic E-state index is 4.42. The molecule has 0 saturated carbocycles. The molecule has 0 spiro atoms. The van der Waals surface area contributed by atoms with Crippen LogP contribution in [0.2, 0.25) is 0 Å². The highest BCUT2D eigenvalue weighted by molar-refractivity contribution is 5.75. The van der Waals surface area contributed by atoms with Crippen molar-refractivity contribution in [3.63, 3.8) is 0 Å². The van der Waals surface area contributed by atoms with Gasteiger partial charge in [-0.3, -0.25) is 0 Å². The molecule has 3 N–H and O–H groups in total. The summed E-state index contributed by atoms with van der Waals surface area (Å²) in [6.45, 7) is 5.19. The molecule has 1 saturated heterocycles. The van der Waals surface area contributed by atoms with Crippen molar-refractivity contribution in [3.8, 4) is 0 Å². The number of hydrogen-bond donors (Lipinski definition) is 3. The van der Waals surface area contributed by atoms with Gasteiger partial charge in [0.2, 0.25) is 0 Å². The van der Waals surface area contributed by atoms with Gasteiger partial charge in [-0.25, -0.2) is 4.98 Å². The summed E-state index contributed by atoms with van der Waals surface area (Å²) in [4.78, 5) is 7.71. The number of aromatic nitrogens is 2. The lowest BCUT2D eigenvalue weighted by atomic mass is 10.0. The summed E-state index contributed by atoms with van der Waals surface area (Å²) in [5.74, 6) is 0.981. The van der Waals surface area contributed by atoms with Crippen molar-refractivity contribution in [1.29, 1.82) is 0 Å². The highest BCUT2D eigenvalue weighted by Gasteiger charge is 2.12. The fourth-order valence-corrected chi connectivity index (χ4v) is 2.45. The summed E-state index contributed by atoms with van der Waals surface area (Å²) in [6.07, 6.45) is 1.07. The molecule has 0 radical (unpaired) electrons. The highest BCUT2D eigenvalue weighted by Crippen LogP contribution is 2.14. The molecule has 1 aliphatic rings. The lowest BCUT2D eigenvalue weighted by molar-refractivity contribution is 0.417. The van der Waals surface area contributed by atoms with Gasteiger partial charge in [-0.15, -0.1) is 0 Å². The molecule has 17 heavy (non-hydrogen) atoms. The molecule has 4 nitrogen and oxygen atoms in total. The molecule has 2 aromatic rings. The third-order valence-electron chi connectivity index (χ3n) is 3.27. The van der Waals surface area contributed by atoms with Crippen LogP contribution in [0.4, 0.5) is 0 Å². The number of benzene rings is 1. The molecule has 3 rings (SSSR count). The maximum Gasteiger partial charge on any atom is 0.104 e. The third kappa shape index (κ3) is 2.33. The van der Waals surface area contributed by atoms with Crippen molar-refractivity contribution in [1.82, 2.24) is 20.6 Å². The molecular formula is C13H18N4. The number of aromatic amines is 1. The van der Waals surface area contributed by atoms with Crippen LogP contribution in [0.15, 0.2) is 18.2 Å². The lowest BCUT2D eigenvalue weighted by Crippen LogP contribution is -2.49. The van der Waals surface area contributed by atoms with Crippen LogP contribution in [0, 0.1) is 6.92 Å². The van der Waals surface area contributed by atoms with Crippen molar-refractivity contribution >= 4 is 11.0 Å². The van der Waals surface area contributed by atoms with E-state index in [1.807, 2.05) is 6.92 Å². The fourth-order valence-electron chi connectivity index (χ4n) is 2.45. The molecule has 0 amide bonds. The number of H-pyrrole nitrogens is 1. The Labute approximate surface area is 101 Å². The Bertz CT molecular complexity index is 511. The van der Waals surface area contributed by atoms with Crippen molar-refractivity contribution in [3.05, 3.63) is 29.6 Å². The van der Waals surface area contributed by atoms with Gasteiger partial charge in [0.25, 0.3) is 0 Å². The second-order valence-electron chi connectivity index (χ2n) is 4.73. The Morgan fingerprint density at radius 2 is 2.29 bits per heavy atom. The van der Waals surface area contributed by atoms with Crippen molar-refractivity contribution in [2.24, 2.45) is 0 Å². The standard InChI is InChI=1S/C13H18N4/c1-9-16-12-3-2-10(7-13(12)17-9)6-11-8-14-4-5-15-11/h2-3,7,11,14-15H,4-6,8H2,1H3,(H,16,17). The molecule has 1 aliphatic heterocycles. The minimum Gasteiger partial charge on any atom is -0.342 e. The van der Waals surface area contributed by atoms with Crippen LogP contribution in [-0.2, 0) is 6.42 Å². The van der Waals surface area contributed by atoms with Gasteiger partial charge in [0.15, 0.2) is 0 Å². The molecule has 90 valence electrons. The number of aryl methyl sites for hydroxylation is 1. The van der Waals surface area contributed by atoms with Crippen LogP contribution in [0.25, 0.3) is 11.0 Å². The molecule has 1 atom stereocenters. The predicted octanol–water partition coefficient (Wildman–Crippen LogP) is 0.975. The average molecular weight is 230 g/mol. The van der Waals surface area contributed by atoms with Gasteiger partial charge in [-0.05, 0) is 31.0 Å². The molecule has 1 fully saturated rings. The fraction of sp³-hybridized carbons (Fsp3) is 0.462. The van der Waals surface area contributed by atoms with Gasteiger partial charge in [0.05, 0.1) is 11.0 Å². The first-order valence-electron chi connectivity index (χ1n) is 6.20. The van der Waals surface area contributed by atoms with E-state index in [-0.39, 0.29) is 0 Å². The van der Waals surface area contributed by atoms with Crippen LogP contribution < -0.4 is 10.6 Å². The minimum absolute atomic E-state index is 0.546. The third-order valence-corrected chi connectivity index (χ3v) is 3.27. The van der Waals surface area contributed by atoms with Crippen molar-refractivity contribution in [2.75, 3.05) is 19.6 Å². The summed E-state index contributed by atoms with van der Waals surface area (Å²) in [5.41, 5.74) is 3.56. The van der Waals surface area contributed by atoms with E-state index in [1.165, 1.54) is 5.56 Å². The molecule has 0 bridgehead atoms. The normalized spacial score (nSPS) is 20.9. The zero-order valence-electron chi connectivity index (χ0n) is 10.1. The van der Waals surface area contributed by atoms with Gasteiger partial charge in [-0.1, -0.05) is 6.07 Å². The molecular weight excluding hydrogens is 212 g/mol. The van der Waals surface area contributed by atoms with Crippen molar-refractivity contribution in [2.45, 2.75) is 19.4 Å². The van der Waals surface area contributed by atoms with Gasteiger partial charge >= 0.3 is 0 Å². The zero-order valence-corrected chi connectivity index (χ0v) is 10.1. The first-order valence-corrected chi connectivity index (χ1v) is 6.20. The van der Waals surface area contributed by atoms with Crippen LogP contribution in [0.3, 0.4) is 0 Å². The van der Waals surface area contributed by atoms with Gasteiger partial charge in [0, 0.05) is 25.7 Å². The number of piperazine rings is 1. The Balaban J connectivity index is 1.79. The predicted molar refractivity (Wildman–Crippen MR) is 69.2 cm³/mol. The Morgan fingerprint density at radius 1 is 1.35 bits per heavy atom. The van der Waals surface area contributed by atoms with Crippen molar-refractivity contribution < 1.29 is 0 Å². The summed E-state index contributed by atoms with van der Waals surface area (Å²) in [6, 6.07) is 7.04. The van der Waals surface area contributed by atoms with E-state index >= 15 is 0 Å². The van der Waals surface area contributed by atoms with Crippen LogP contribution in [0.1, 0.15) is 11.4 Å². The van der Waals surface area contributed by atoms with Crippen LogP contribution >= 0.6 is 0 Å². The Hall–Kier alpha value is -1.39. The first kappa shape index (κ1) is 10.7. The summed E-state index contributed by atoms with van der Waals surface area (Å²) in [7, 11) is 0. The maximum absolute atomic E-state index is 4.42. The average Bonchev–Trinajstić information content (AvgIpc) is 2.70. The summed E-state index contributed by atoms with van der Waals surface area (Å²) < 4.78 is 0. The Morgan fingerprint density at radius 3 is 3.12 bits per heavy atom. The first-order chi connectivity index (χ1) is 8.31. The van der Waals surface area contributed by atoms with Gasteiger partial charge in [0.1, 0.15) is 5.82 Å². The number of rotatable bonds is 2. The summed E-state index contributed by atoms with van der Waals surface area (Å²) >= 11 is 0. The zero-order chi connectivity index (χ0) is 11.7. The van der Waals surface area contributed by atoms with Crippen LogP contribution in [-0.4, -0.2) is 35.6 Å². The summed E-state index contributed by atoms with van der Waals surface area (Å²) in [5, 5.41) is 6.95. The topological polar surface area (TPSA) is 52.7 Å². The molecule has 4 heteroatoms.